The van der Waals surface area contributed by atoms with E-state index in [2.05, 4.69) is 29.7 Å². The van der Waals surface area contributed by atoms with Gasteiger partial charge in [0.25, 0.3) is 5.91 Å². The maximum atomic E-state index is 13.6. The first kappa shape index (κ1) is 22.6. The van der Waals surface area contributed by atoms with Crippen molar-refractivity contribution in [2.75, 3.05) is 13.7 Å². The van der Waals surface area contributed by atoms with Crippen LogP contribution >= 0.6 is 0 Å². The van der Waals surface area contributed by atoms with Crippen molar-refractivity contribution in [3.8, 4) is 17.1 Å². The first-order valence-corrected chi connectivity index (χ1v) is 14.1. The Morgan fingerprint density at radius 3 is 2.66 bits per heavy atom. The number of amides is 1. The molecule has 4 aliphatic rings. The average molecular weight is 511 g/mol. The molecule has 3 saturated carbocycles. The predicted octanol–water partition coefficient (Wildman–Crippen LogP) is 4.52. The average Bonchev–Trinajstić information content (AvgIpc) is 3.84. The van der Waals surface area contributed by atoms with Gasteiger partial charge in [0.1, 0.15) is 22.6 Å². The smallest absolute Gasteiger partial charge is 0.255 e. The third-order valence-electron chi connectivity index (χ3n) is 9.45. The summed E-state index contributed by atoms with van der Waals surface area (Å²) in [6.07, 6.45) is 9.00. The molecule has 4 fully saturated rings. The minimum absolute atomic E-state index is 0.0159. The highest BCUT2D eigenvalue weighted by Gasteiger charge is 2.47. The molecule has 0 radical (unpaired) electrons. The number of piperidine rings is 1. The number of aromatic nitrogens is 4. The van der Waals surface area contributed by atoms with Crippen LogP contribution in [-0.4, -0.2) is 55.7 Å². The van der Waals surface area contributed by atoms with Crippen LogP contribution in [0.2, 0.25) is 0 Å². The van der Waals surface area contributed by atoms with E-state index in [0.717, 1.165) is 59.4 Å². The molecular weight excluding hydrogens is 476 g/mol. The number of methoxy groups -OCH3 is 1. The lowest BCUT2D eigenvalue weighted by molar-refractivity contribution is 0.0699. The van der Waals surface area contributed by atoms with Crippen molar-refractivity contribution in [2.24, 2.45) is 17.6 Å². The van der Waals surface area contributed by atoms with Crippen LogP contribution in [0.3, 0.4) is 0 Å². The van der Waals surface area contributed by atoms with Crippen LogP contribution < -0.4 is 10.5 Å². The van der Waals surface area contributed by atoms with Crippen LogP contribution in [0.5, 0.6) is 5.75 Å². The van der Waals surface area contributed by atoms with Gasteiger partial charge in [0.15, 0.2) is 0 Å². The summed E-state index contributed by atoms with van der Waals surface area (Å²) in [4.78, 5) is 20.7. The van der Waals surface area contributed by atoms with Crippen LogP contribution in [-0.2, 0) is 6.54 Å². The van der Waals surface area contributed by atoms with E-state index >= 15 is 0 Å². The molecule has 1 saturated heterocycles. The van der Waals surface area contributed by atoms with Crippen molar-refractivity contribution in [1.82, 2.24) is 24.1 Å². The molecule has 1 amide bonds. The van der Waals surface area contributed by atoms with E-state index in [0.29, 0.717) is 29.1 Å². The number of ether oxygens (including phenoxy) is 1. The highest BCUT2D eigenvalue weighted by atomic mass is 16.5. The number of nitrogens with two attached hydrogens (primary N) is 1. The van der Waals surface area contributed by atoms with E-state index in [1.54, 1.807) is 7.11 Å². The molecule has 8 rings (SSSR count). The molecule has 0 aromatic carbocycles. The molecule has 0 spiro atoms. The fourth-order valence-electron chi connectivity index (χ4n) is 6.94. The fourth-order valence-corrected chi connectivity index (χ4v) is 6.94. The molecule has 4 aromatic heterocycles. The number of hydrogen-bond donors (Lipinski definition) is 1. The van der Waals surface area contributed by atoms with Gasteiger partial charge in [0, 0.05) is 53.9 Å². The summed E-state index contributed by atoms with van der Waals surface area (Å²) in [5, 5.41) is 6.23. The maximum Gasteiger partial charge on any atom is 0.255 e. The molecule has 3 atom stereocenters. The second-order valence-corrected chi connectivity index (χ2v) is 12.0. The van der Waals surface area contributed by atoms with Gasteiger partial charge in [-0.2, -0.15) is 5.10 Å². The molecule has 2 N–H and O–H groups in total. The second kappa shape index (κ2) is 8.06. The quantitative estimate of drug-likeness (QED) is 0.412. The lowest BCUT2D eigenvalue weighted by Gasteiger charge is -2.27. The number of rotatable bonds is 6. The van der Waals surface area contributed by atoms with E-state index in [4.69, 9.17) is 20.6 Å². The number of pyridine rings is 2. The van der Waals surface area contributed by atoms with E-state index < -0.39 is 0 Å². The summed E-state index contributed by atoms with van der Waals surface area (Å²) in [7, 11) is 1.66. The Labute approximate surface area is 221 Å². The number of hydrogen-bond acceptors (Lipinski definition) is 5. The largest absolute Gasteiger partial charge is 0.494 e. The Kier molecular flexibility index (Phi) is 4.79. The highest BCUT2D eigenvalue weighted by Crippen LogP contribution is 2.42. The Balaban J connectivity index is 1.25. The third-order valence-corrected chi connectivity index (χ3v) is 9.45. The molecule has 2 bridgehead atoms. The van der Waals surface area contributed by atoms with Crippen LogP contribution in [0, 0.1) is 18.8 Å². The topological polar surface area (TPSA) is 90.7 Å². The third kappa shape index (κ3) is 3.35. The van der Waals surface area contributed by atoms with Crippen molar-refractivity contribution in [2.45, 2.75) is 70.0 Å². The summed E-state index contributed by atoms with van der Waals surface area (Å²) in [6.45, 7) is 3.81. The van der Waals surface area contributed by atoms with Crippen molar-refractivity contribution in [1.29, 1.82) is 0 Å². The lowest BCUT2D eigenvalue weighted by Crippen LogP contribution is -2.41. The van der Waals surface area contributed by atoms with E-state index in [9.17, 15) is 4.79 Å². The lowest BCUT2D eigenvalue weighted by atomic mass is 10.1. The Bertz CT molecular complexity index is 1610. The van der Waals surface area contributed by atoms with Gasteiger partial charge in [0.05, 0.1) is 18.4 Å². The van der Waals surface area contributed by atoms with Crippen LogP contribution in [0.15, 0.2) is 30.5 Å². The van der Waals surface area contributed by atoms with Crippen molar-refractivity contribution in [3.05, 3.63) is 47.3 Å². The zero-order chi connectivity index (χ0) is 25.7. The van der Waals surface area contributed by atoms with Gasteiger partial charge in [-0.1, -0.05) is 0 Å². The van der Waals surface area contributed by atoms with Gasteiger partial charge in [-0.15, -0.1) is 0 Å². The fraction of sp³-hybridized carbons (Fsp3) is 0.500. The molecule has 8 nitrogen and oxygen atoms in total. The molecule has 1 aliphatic heterocycles. The molecule has 196 valence electrons. The van der Waals surface area contributed by atoms with Gasteiger partial charge in [-0.25, -0.2) is 9.50 Å². The summed E-state index contributed by atoms with van der Waals surface area (Å²) in [5.74, 6) is 2.41. The second-order valence-electron chi connectivity index (χ2n) is 12.0. The number of carbonyl (C=O) groups excluding carboxylic acids is 1. The molecule has 2 unspecified atom stereocenters. The number of nitrogens with zero attached hydrogens (tertiary/aromatic N) is 5. The zero-order valence-electron chi connectivity index (χ0n) is 22.1. The van der Waals surface area contributed by atoms with E-state index in [-0.39, 0.29) is 18.0 Å². The monoisotopic (exact) mass is 510 g/mol. The number of carbonyl (C=O) groups is 1. The van der Waals surface area contributed by atoms with Gasteiger partial charge >= 0.3 is 0 Å². The minimum atomic E-state index is 0.0159. The Morgan fingerprint density at radius 2 is 1.97 bits per heavy atom. The van der Waals surface area contributed by atoms with E-state index in [1.165, 1.54) is 31.4 Å². The maximum absolute atomic E-state index is 13.6. The van der Waals surface area contributed by atoms with Crippen LogP contribution in [0.25, 0.3) is 27.9 Å². The number of aryl methyl sites for hydroxylation is 1. The molecule has 5 heterocycles. The predicted molar refractivity (Wildman–Crippen MR) is 145 cm³/mol. The first-order valence-electron chi connectivity index (χ1n) is 14.1. The summed E-state index contributed by atoms with van der Waals surface area (Å²) >= 11 is 0. The standard InChI is InChI=1S/C30H34N6O2/c1-16-27(24-11-19-7-9-22(18-5-6-18)32-29(19)34(24)13-17-3-4-17)33-36-15-21(12-25(38-2)28(16)36)30(37)35-14-20-8-10-23(35)26(20)31/h7,9,11-12,15,17-18,20,23,26H,3-6,8,10,13-14,31H2,1-2H3/t20?,23?,26-/m1/s1. The van der Waals surface area contributed by atoms with E-state index in [1.807, 2.05) is 21.7 Å². The first-order chi connectivity index (χ1) is 18.5. The minimum Gasteiger partial charge on any atom is -0.494 e. The molecular formula is C30H34N6O2. The van der Waals surface area contributed by atoms with Crippen LogP contribution in [0.1, 0.15) is 66.1 Å². The van der Waals surface area contributed by atoms with Gasteiger partial charge < -0.3 is 19.9 Å². The summed E-state index contributed by atoms with van der Waals surface area (Å²) < 4.78 is 10.1. The van der Waals surface area contributed by atoms with Gasteiger partial charge in [-0.3, -0.25) is 4.79 Å². The molecule has 3 aliphatic carbocycles. The molecule has 38 heavy (non-hydrogen) atoms. The highest BCUT2D eigenvalue weighted by molar-refractivity contribution is 5.96. The molecule has 8 heteroatoms. The van der Waals surface area contributed by atoms with Gasteiger partial charge in [-0.05, 0) is 81.5 Å². The normalized spacial score (nSPS) is 24.7. The van der Waals surface area contributed by atoms with Crippen molar-refractivity contribution < 1.29 is 9.53 Å². The number of fused-ring (bicyclic) bond motifs is 4. The van der Waals surface area contributed by atoms with Crippen molar-refractivity contribution in [3.63, 3.8) is 0 Å². The summed E-state index contributed by atoms with van der Waals surface area (Å²) in [5.41, 5.74) is 13.2. The molecule has 4 aromatic rings. The van der Waals surface area contributed by atoms with Crippen molar-refractivity contribution >= 4 is 22.5 Å². The zero-order valence-corrected chi connectivity index (χ0v) is 22.1. The number of likely N-dealkylation sites (tertiary alicyclic amines) is 1. The Hall–Kier alpha value is -3.39. The SMILES string of the molecule is COc1cc(C(=O)N2CC3CCC2[C@@H]3N)cn2nc(-c3cc4ccc(C5CC5)nc4n3CC3CC3)c(C)c12. The van der Waals surface area contributed by atoms with Crippen LogP contribution in [0.4, 0.5) is 0 Å². The van der Waals surface area contributed by atoms with Gasteiger partial charge in [0.2, 0.25) is 0 Å². The Morgan fingerprint density at radius 1 is 1.13 bits per heavy atom. The summed E-state index contributed by atoms with van der Waals surface area (Å²) in [6, 6.07) is 8.74.